The summed E-state index contributed by atoms with van der Waals surface area (Å²) in [5.41, 5.74) is 1.07. The molecule has 1 amide bonds. The van der Waals surface area contributed by atoms with Crippen LogP contribution in [0.15, 0.2) is 18.2 Å². The van der Waals surface area contributed by atoms with Crippen LogP contribution in [-0.2, 0) is 11.2 Å². The predicted octanol–water partition coefficient (Wildman–Crippen LogP) is 1.03. The average molecular weight is 246 g/mol. The van der Waals surface area contributed by atoms with Crippen molar-refractivity contribution in [2.24, 2.45) is 0 Å². The van der Waals surface area contributed by atoms with Crippen LogP contribution in [0.1, 0.15) is 12.0 Å². The zero-order valence-corrected chi connectivity index (χ0v) is 9.94. The number of carbonyl (C=O) groups is 1. The van der Waals surface area contributed by atoms with Gasteiger partial charge in [0.25, 0.3) is 0 Å². The van der Waals surface area contributed by atoms with Crippen LogP contribution in [0.2, 0.25) is 0 Å². The van der Waals surface area contributed by atoms with Crippen molar-refractivity contribution in [3.05, 3.63) is 23.8 Å². The summed E-state index contributed by atoms with van der Waals surface area (Å²) in [5, 5.41) is 11.0. The second-order valence-corrected chi connectivity index (χ2v) is 3.91. The zero-order valence-electron chi connectivity index (χ0n) is 9.94. The normalized spacial score (nSPS) is 12.6. The molecular weight excluding hydrogens is 232 g/mol. The van der Waals surface area contributed by atoms with Crippen LogP contribution in [0, 0.1) is 11.3 Å². The number of rotatable bonds is 4. The number of benzene rings is 1. The van der Waals surface area contributed by atoms with E-state index in [4.69, 9.17) is 14.7 Å². The fourth-order valence-electron chi connectivity index (χ4n) is 1.72. The van der Waals surface area contributed by atoms with Crippen molar-refractivity contribution in [2.75, 3.05) is 19.8 Å². The van der Waals surface area contributed by atoms with Crippen LogP contribution >= 0.6 is 0 Å². The van der Waals surface area contributed by atoms with E-state index in [2.05, 4.69) is 5.32 Å². The number of nitrogens with one attached hydrogen (secondary N) is 1. The first kappa shape index (κ1) is 12.2. The lowest BCUT2D eigenvalue weighted by molar-refractivity contribution is -0.120. The van der Waals surface area contributed by atoms with E-state index in [1.54, 1.807) is 0 Å². The highest BCUT2D eigenvalue weighted by Gasteiger charge is 2.11. The van der Waals surface area contributed by atoms with Crippen LogP contribution in [0.4, 0.5) is 0 Å². The van der Waals surface area contributed by atoms with Gasteiger partial charge in [0.2, 0.25) is 5.91 Å². The summed E-state index contributed by atoms with van der Waals surface area (Å²) < 4.78 is 10.9. The summed E-state index contributed by atoms with van der Waals surface area (Å²) in [7, 11) is 0. The van der Waals surface area contributed by atoms with Crippen molar-refractivity contribution in [1.29, 1.82) is 5.26 Å². The molecule has 0 saturated carbocycles. The van der Waals surface area contributed by atoms with E-state index in [0.29, 0.717) is 26.2 Å². The van der Waals surface area contributed by atoms with Gasteiger partial charge < -0.3 is 14.8 Å². The minimum absolute atomic E-state index is 0.0961. The molecule has 0 fully saturated rings. The lowest BCUT2D eigenvalue weighted by Crippen LogP contribution is -2.25. The number of nitrogens with zero attached hydrogens (tertiary/aromatic N) is 1. The maximum absolute atomic E-state index is 11.1. The first-order valence-corrected chi connectivity index (χ1v) is 5.82. The molecular formula is C13H14N2O3. The van der Waals surface area contributed by atoms with Gasteiger partial charge in [-0.3, -0.25) is 4.79 Å². The maximum atomic E-state index is 11.1. The molecule has 1 aromatic carbocycles. The molecule has 0 radical (unpaired) electrons. The van der Waals surface area contributed by atoms with Crippen LogP contribution in [0.25, 0.3) is 0 Å². The van der Waals surface area contributed by atoms with Crippen LogP contribution in [0.5, 0.6) is 11.5 Å². The topological polar surface area (TPSA) is 71.4 Å². The highest BCUT2D eigenvalue weighted by atomic mass is 16.6. The molecule has 1 aliphatic heterocycles. The number of amides is 1. The molecule has 0 bridgehead atoms. The van der Waals surface area contributed by atoms with Crippen LogP contribution < -0.4 is 14.8 Å². The standard InChI is InChI=1S/C13H14N2O3/c14-5-3-13(16)15-6-4-10-1-2-11-12(9-10)18-8-7-17-11/h1-2,9H,3-4,6-8H2,(H,15,16). The molecule has 1 N–H and O–H groups in total. The van der Waals surface area contributed by atoms with Gasteiger partial charge in [0, 0.05) is 6.54 Å². The van der Waals surface area contributed by atoms with Crippen molar-refractivity contribution >= 4 is 5.91 Å². The van der Waals surface area contributed by atoms with E-state index >= 15 is 0 Å². The third-order valence-electron chi connectivity index (χ3n) is 2.58. The average Bonchev–Trinajstić information content (AvgIpc) is 2.39. The molecule has 1 aromatic rings. The van der Waals surface area contributed by atoms with Gasteiger partial charge in [0.05, 0.1) is 6.07 Å². The van der Waals surface area contributed by atoms with Gasteiger partial charge in [-0.2, -0.15) is 5.26 Å². The third kappa shape index (κ3) is 3.14. The quantitative estimate of drug-likeness (QED) is 0.861. The van der Waals surface area contributed by atoms with Gasteiger partial charge in [0.1, 0.15) is 19.6 Å². The third-order valence-corrected chi connectivity index (χ3v) is 2.58. The first-order valence-electron chi connectivity index (χ1n) is 5.82. The van der Waals surface area contributed by atoms with E-state index in [1.807, 2.05) is 24.3 Å². The minimum Gasteiger partial charge on any atom is -0.486 e. The monoisotopic (exact) mass is 246 g/mol. The number of hydrogen-bond donors (Lipinski definition) is 1. The van der Waals surface area contributed by atoms with Crippen molar-refractivity contribution in [2.45, 2.75) is 12.8 Å². The number of fused-ring (bicyclic) bond motifs is 1. The molecule has 0 aliphatic carbocycles. The molecule has 5 heteroatoms. The second kappa shape index (κ2) is 5.92. The Bertz CT molecular complexity index is 480. The van der Waals surface area contributed by atoms with E-state index in [1.165, 1.54) is 0 Å². The van der Waals surface area contributed by atoms with E-state index in [-0.39, 0.29) is 12.3 Å². The Kier molecular flexibility index (Phi) is 4.02. The molecule has 0 spiro atoms. The summed E-state index contributed by atoms with van der Waals surface area (Å²) in [4.78, 5) is 11.1. The molecule has 5 nitrogen and oxygen atoms in total. The second-order valence-electron chi connectivity index (χ2n) is 3.91. The maximum Gasteiger partial charge on any atom is 0.234 e. The lowest BCUT2D eigenvalue weighted by Gasteiger charge is -2.18. The Labute approximate surface area is 105 Å². The SMILES string of the molecule is N#CCC(=O)NCCc1ccc2c(c1)OCCO2. The Hall–Kier alpha value is -2.22. The zero-order chi connectivity index (χ0) is 12.8. The van der Waals surface area contributed by atoms with Crippen molar-refractivity contribution < 1.29 is 14.3 Å². The number of ether oxygens (including phenoxy) is 2. The molecule has 94 valence electrons. The largest absolute Gasteiger partial charge is 0.486 e. The fraction of sp³-hybridized carbons (Fsp3) is 0.385. The summed E-state index contributed by atoms with van der Waals surface area (Å²) >= 11 is 0. The van der Waals surface area contributed by atoms with E-state index < -0.39 is 0 Å². The molecule has 18 heavy (non-hydrogen) atoms. The highest BCUT2D eigenvalue weighted by molar-refractivity contribution is 5.77. The fourth-order valence-corrected chi connectivity index (χ4v) is 1.72. The Balaban J connectivity index is 1.87. The van der Waals surface area contributed by atoms with E-state index in [0.717, 1.165) is 17.1 Å². The summed E-state index contributed by atoms with van der Waals surface area (Å²) in [6, 6.07) is 7.55. The van der Waals surface area contributed by atoms with Gasteiger partial charge >= 0.3 is 0 Å². The summed E-state index contributed by atoms with van der Waals surface area (Å²) in [6.07, 6.45) is 0.606. The van der Waals surface area contributed by atoms with Gasteiger partial charge in [-0.05, 0) is 24.1 Å². The molecule has 0 atom stereocenters. The smallest absolute Gasteiger partial charge is 0.234 e. The van der Waals surface area contributed by atoms with Crippen molar-refractivity contribution in [3.8, 4) is 17.6 Å². The molecule has 1 aliphatic rings. The Morgan fingerprint density at radius 2 is 2.11 bits per heavy atom. The lowest BCUT2D eigenvalue weighted by atomic mass is 10.1. The highest BCUT2D eigenvalue weighted by Crippen LogP contribution is 2.30. The van der Waals surface area contributed by atoms with Crippen molar-refractivity contribution in [3.63, 3.8) is 0 Å². The molecule has 0 unspecified atom stereocenters. The van der Waals surface area contributed by atoms with Gasteiger partial charge in [-0.25, -0.2) is 0 Å². The summed E-state index contributed by atoms with van der Waals surface area (Å²) in [6.45, 7) is 1.66. The number of nitriles is 1. The number of hydrogen-bond acceptors (Lipinski definition) is 4. The molecule has 1 heterocycles. The van der Waals surface area contributed by atoms with Gasteiger partial charge in [-0.1, -0.05) is 6.07 Å². The number of carbonyl (C=O) groups excluding carboxylic acids is 1. The van der Waals surface area contributed by atoms with Gasteiger partial charge in [-0.15, -0.1) is 0 Å². The van der Waals surface area contributed by atoms with E-state index in [9.17, 15) is 4.79 Å². The Morgan fingerprint density at radius 1 is 1.33 bits per heavy atom. The molecule has 2 rings (SSSR count). The van der Waals surface area contributed by atoms with Crippen molar-refractivity contribution in [1.82, 2.24) is 5.32 Å². The first-order chi connectivity index (χ1) is 8.79. The van der Waals surface area contributed by atoms with Gasteiger partial charge in [0.15, 0.2) is 11.5 Å². The summed E-state index contributed by atoms with van der Waals surface area (Å²) in [5.74, 6) is 1.27. The minimum atomic E-state index is -0.241. The molecule has 0 aromatic heterocycles. The van der Waals surface area contributed by atoms with Crippen LogP contribution in [0.3, 0.4) is 0 Å². The van der Waals surface area contributed by atoms with Crippen LogP contribution in [-0.4, -0.2) is 25.7 Å². The predicted molar refractivity (Wildman–Crippen MR) is 64.4 cm³/mol. The molecule has 0 saturated heterocycles. The Morgan fingerprint density at radius 3 is 2.89 bits per heavy atom.